The molecule has 2 nitrogen and oxygen atoms in total. The lowest BCUT2D eigenvalue weighted by molar-refractivity contribution is 0.339. The van der Waals surface area contributed by atoms with Crippen LogP contribution in [0.4, 0.5) is 0 Å². The molecular formula is C15H24ClNOS. The highest BCUT2D eigenvalue weighted by atomic mass is 35.5. The van der Waals surface area contributed by atoms with Gasteiger partial charge in [-0.05, 0) is 24.3 Å². The van der Waals surface area contributed by atoms with Crippen LogP contribution in [0.1, 0.15) is 26.3 Å². The average molecular weight is 302 g/mol. The molecule has 108 valence electrons. The number of hydrogen-bond donors (Lipinski definition) is 1. The van der Waals surface area contributed by atoms with Crippen LogP contribution in [0.15, 0.2) is 18.2 Å². The third-order valence-corrected chi connectivity index (χ3v) is 3.76. The quantitative estimate of drug-likeness (QED) is 0.690. The van der Waals surface area contributed by atoms with Crippen molar-refractivity contribution in [3.63, 3.8) is 0 Å². The van der Waals surface area contributed by atoms with Crippen molar-refractivity contribution in [2.24, 2.45) is 5.92 Å². The molecule has 0 atom stereocenters. The highest BCUT2D eigenvalue weighted by Gasteiger charge is 2.08. The molecule has 1 aromatic rings. The van der Waals surface area contributed by atoms with Gasteiger partial charge in [-0.15, -0.1) is 0 Å². The van der Waals surface area contributed by atoms with E-state index >= 15 is 0 Å². The number of halogens is 1. The minimum atomic E-state index is 0.643. The SMILES string of the molecule is CCSCCOc1c(Cl)cccc1CNCC(C)C. The van der Waals surface area contributed by atoms with E-state index in [0.29, 0.717) is 17.5 Å². The van der Waals surface area contributed by atoms with E-state index < -0.39 is 0 Å². The molecule has 0 aromatic heterocycles. The Hall–Kier alpha value is -0.380. The summed E-state index contributed by atoms with van der Waals surface area (Å²) in [6, 6.07) is 5.93. The van der Waals surface area contributed by atoms with Gasteiger partial charge in [-0.1, -0.05) is 44.5 Å². The molecular weight excluding hydrogens is 278 g/mol. The van der Waals surface area contributed by atoms with Gasteiger partial charge in [0.15, 0.2) is 0 Å². The number of nitrogens with one attached hydrogen (secondary N) is 1. The molecule has 0 heterocycles. The van der Waals surface area contributed by atoms with Crippen LogP contribution in [-0.2, 0) is 6.54 Å². The zero-order valence-corrected chi connectivity index (χ0v) is 13.6. The summed E-state index contributed by atoms with van der Waals surface area (Å²) >= 11 is 8.10. The predicted molar refractivity (Wildman–Crippen MR) is 86.5 cm³/mol. The van der Waals surface area contributed by atoms with Crippen LogP contribution < -0.4 is 10.1 Å². The summed E-state index contributed by atoms with van der Waals surface area (Å²) in [4.78, 5) is 0. The average Bonchev–Trinajstić information content (AvgIpc) is 2.36. The topological polar surface area (TPSA) is 21.3 Å². The Balaban J connectivity index is 2.56. The van der Waals surface area contributed by atoms with Gasteiger partial charge in [0, 0.05) is 17.9 Å². The molecule has 0 aliphatic rings. The van der Waals surface area contributed by atoms with Crippen molar-refractivity contribution in [3.8, 4) is 5.75 Å². The van der Waals surface area contributed by atoms with E-state index in [0.717, 1.165) is 35.9 Å². The molecule has 0 saturated carbocycles. The summed E-state index contributed by atoms with van der Waals surface area (Å²) in [6.07, 6.45) is 0. The van der Waals surface area contributed by atoms with E-state index in [1.807, 2.05) is 23.9 Å². The number of thioether (sulfide) groups is 1. The molecule has 0 unspecified atom stereocenters. The van der Waals surface area contributed by atoms with Crippen molar-refractivity contribution >= 4 is 23.4 Å². The largest absolute Gasteiger partial charge is 0.491 e. The molecule has 4 heteroatoms. The van der Waals surface area contributed by atoms with Gasteiger partial charge in [-0.3, -0.25) is 0 Å². The molecule has 0 saturated heterocycles. The van der Waals surface area contributed by atoms with Gasteiger partial charge in [0.25, 0.3) is 0 Å². The second-order valence-corrected chi connectivity index (χ2v) is 6.60. The first-order valence-corrected chi connectivity index (χ1v) is 8.37. The van der Waals surface area contributed by atoms with Crippen LogP contribution in [0.3, 0.4) is 0 Å². The third-order valence-electron chi connectivity index (χ3n) is 2.59. The molecule has 1 rings (SSSR count). The smallest absolute Gasteiger partial charge is 0.142 e. The van der Waals surface area contributed by atoms with Crippen molar-refractivity contribution < 1.29 is 4.74 Å². The zero-order valence-electron chi connectivity index (χ0n) is 12.0. The second kappa shape index (κ2) is 9.51. The van der Waals surface area contributed by atoms with E-state index in [9.17, 15) is 0 Å². The molecule has 0 fully saturated rings. The first-order valence-electron chi connectivity index (χ1n) is 6.83. The van der Waals surface area contributed by atoms with Gasteiger partial charge < -0.3 is 10.1 Å². The summed E-state index contributed by atoms with van der Waals surface area (Å²) in [5.41, 5.74) is 1.13. The number of benzene rings is 1. The van der Waals surface area contributed by atoms with Crippen LogP contribution >= 0.6 is 23.4 Å². The summed E-state index contributed by atoms with van der Waals surface area (Å²) in [5, 5.41) is 4.13. The Morgan fingerprint density at radius 2 is 2.16 bits per heavy atom. The first kappa shape index (κ1) is 16.7. The maximum Gasteiger partial charge on any atom is 0.142 e. The van der Waals surface area contributed by atoms with E-state index in [-0.39, 0.29) is 0 Å². The van der Waals surface area contributed by atoms with E-state index in [1.165, 1.54) is 0 Å². The number of para-hydroxylation sites is 1. The summed E-state index contributed by atoms with van der Waals surface area (Å²) in [7, 11) is 0. The number of ether oxygens (including phenoxy) is 1. The molecule has 19 heavy (non-hydrogen) atoms. The highest BCUT2D eigenvalue weighted by Crippen LogP contribution is 2.28. The normalized spacial score (nSPS) is 11.0. The van der Waals surface area contributed by atoms with Gasteiger partial charge in [0.1, 0.15) is 5.75 Å². The van der Waals surface area contributed by atoms with Gasteiger partial charge in [0.05, 0.1) is 11.6 Å². The molecule has 1 aromatic carbocycles. The molecule has 0 amide bonds. The fourth-order valence-corrected chi connectivity index (χ4v) is 2.44. The van der Waals surface area contributed by atoms with Gasteiger partial charge in [-0.2, -0.15) is 11.8 Å². The van der Waals surface area contributed by atoms with Crippen molar-refractivity contribution in [1.29, 1.82) is 0 Å². The Bertz CT molecular complexity index is 371. The van der Waals surface area contributed by atoms with E-state index in [1.54, 1.807) is 0 Å². The molecule has 0 spiro atoms. The van der Waals surface area contributed by atoms with Crippen LogP contribution in [0, 0.1) is 5.92 Å². The minimum absolute atomic E-state index is 0.643. The van der Waals surface area contributed by atoms with Gasteiger partial charge in [-0.25, -0.2) is 0 Å². The Morgan fingerprint density at radius 1 is 1.37 bits per heavy atom. The minimum Gasteiger partial charge on any atom is -0.491 e. The summed E-state index contributed by atoms with van der Waals surface area (Å²) in [6.45, 7) is 9.06. The summed E-state index contributed by atoms with van der Waals surface area (Å²) in [5.74, 6) is 3.59. The third kappa shape index (κ3) is 6.55. The molecule has 0 aliphatic heterocycles. The van der Waals surface area contributed by atoms with Crippen molar-refractivity contribution in [2.45, 2.75) is 27.3 Å². The van der Waals surface area contributed by atoms with Crippen molar-refractivity contribution in [3.05, 3.63) is 28.8 Å². The Morgan fingerprint density at radius 3 is 2.84 bits per heavy atom. The lowest BCUT2D eigenvalue weighted by Gasteiger charge is -2.14. The van der Waals surface area contributed by atoms with Crippen molar-refractivity contribution in [1.82, 2.24) is 5.32 Å². The molecule has 0 aliphatic carbocycles. The maximum absolute atomic E-state index is 6.22. The summed E-state index contributed by atoms with van der Waals surface area (Å²) < 4.78 is 5.83. The van der Waals surface area contributed by atoms with Crippen LogP contribution in [0.5, 0.6) is 5.75 Å². The second-order valence-electron chi connectivity index (χ2n) is 4.80. The highest BCUT2D eigenvalue weighted by molar-refractivity contribution is 7.99. The zero-order chi connectivity index (χ0) is 14.1. The van der Waals surface area contributed by atoms with Gasteiger partial charge in [0.2, 0.25) is 0 Å². The number of rotatable bonds is 9. The standard InChI is InChI=1S/C15H24ClNOS/c1-4-19-9-8-18-15-13(6-5-7-14(15)16)11-17-10-12(2)3/h5-7,12,17H,4,8-11H2,1-3H3. The van der Waals surface area contributed by atoms with E-state index in [4.69, 9.17) is 16.3 Å². The lowest BCUT2D eigenvalue weighted by atomic mass is 10.2. The fraction of sp³-hybridized carbons (Fsp3) is 0.600. The maximum atomic E-state index is 6.22. The molecule has 1 N–H and O–H groups in total. The van der Waals surface area contributed by atoms with E-state index in [2.05, 4.69) is 32.2 Å². The first-order chi connectivity index (χ1) is 9.15. The van der Waals surface area contributed by atoms with Crippen LogP contribution in [0.2, 0.25) is 5.02 Å². The monoisotopic (exact) mass is 301 g/mol. The van der Waals surface area contributed by atoms with Crippen LogP contribution in [-0.4, -0.2) is 24.7 Å². The molecule has 0 radical (unpaired) electrons. The Labute approximate surface area is 126 Å². The van der Waals surface area contributed by atoms with Crippen molar-refractivity contribution in [2.75, 3.05) is 24.7 Å². The molecule has 0 bridgehead atoms. The number of hydrogen-bond acceptors (Lipinski definition) is 3. The van der Waals surface area contributed by atoms with Crippen LogP contribution in [0.25, 0.3) is 0 Å². The lowest BCUT2D eigenvalue weighted by Crippen LogP contribution is -2.19. The Kier molecular flexibility index (Phi) is 8.35. The van der Waals surface area contributed by atoms with Gasteiger partial charge >= 0.3 is 0 Å². The fourth-order valence-electron chi connectivity index (χ4n) is 1.70. The predicted octanol–water partition coefficient (Wildman–Crippen LogP) is 4.22.